The molecule has 3 heterocycles. The number of benzene rings is 1. The molecule has 0 saturated carbocycles. The lowest BCUT2D eigenvalue weighted by Crippen LogP contribution is -2.26. The molecule has 0 bridgehead atoms. The number of carbonyl (C=O) groups is 2. The number of H-pyrrole nitrogens is 1. The maximum absolute atomic E-state index is 12.6. The number of hydrogen-bond acceptors (Lipinski definition) is 5. The monoisotopic (exact) mass is 366 g/mol. The topological polar surface area (TPSA) is 120 Å². The second-order valence-electron chi connectivity index (χ2n) is 6.29. The van der Waals surface area contributed by atoms with Crippen molar-refractivity contribution in [1.29, 1.82) is 0 Å². The molecule has 0 fully saturated rings. The number of nitrogens with zero attached hydrogens (tertiary/aromatic N) is 1. The molecule has 8 nitrogen and oxygen atoms in total. The van der Waals surface area contributed by atoms with Gasteiger partial charge in [-0.15, -0.1) is 0 Å². The number of fused-ring (bicyclic) bond motifs is 1. The molecule has 1 aromatic carbocycles. The largest absolute Gasteiger partial charge is 0.506 e. The minimum absolute atomic E-state index is 0.00545. The third kappa shape index (κ3) is 3.29. The van der Waals surface area contributed by atoms with Crippen LogP contribution in [0.3, 0.4) is 0 Å². The van der Waals surface area contributed by atoms with E-state index in [1.54, 1.807) is 18.3 Å². The maximum Gasteiger partial charge on any atom is 0.253 e. The van der Waals surface area contributed by atoms with Crippen molar-refractivity contribution < 1.29 is 19.1 Å². The average Bonchev–Trinajstić information content (AvgIpc) is 3.39. The third-order valence-corrected chi connectivity index (χ3v) is 4.49. The zero-order chi connectivity index (χ0) is 18.8. The number of aromatic amines is 1. The van der Waals surface area contributed by atoms with Crippen molar-refractivity contribution in [2.45, 2.75) is 12.8 Å². The van der Waals surface area contributed by atoms with Crippen LogP contribution in [0.25, 0.3) is 22.6 Å². The van der Waals surface area contributed by atoms with Crippen molar-refractivity contribution in [3.8, 4) is 17.3 Å². The highest BCUT2D eigenvalue weighted by Crippen LogP contribution is 2.29. The summed E-state index contributed by atoms with van der Waals surface area (Å²) in [7, 11) is 0. The van der Waals surface area contributed by atoms with E-state index in [9.17, 15) is 14.7 Å². The summed E-state index contributed by atoms with van der Waals surface area (Å²) in [6.07, 6.45) is 6.34. The van der Waals surface area contributed by atoms with E-state index in [0.29, 0.717) is 47.6 Å². The Hall–Kier alpha value is -3.55. The lowest BCUT2D eigenvalue weighted by atomic mass is 10.0. The first-order valence-electron chi connectivity index (χ1n) is 8.64. The molecule has 1 aliphatic rings. The summed E-state index contributed by atoms with van der Waals surface area (Å²) in [5.41, 5.74) is 1.11. The minimum atomic E-state index is -0.288. The number of phenolic OH excluding ortho intramolecular Hbond substituents is 1. The lowest BCUT2D eigenvalue weighted by Gasteiger charge is -2.08. The molecule has 1 unspecified atom stereocenters. The number of amides is 2. The van der Waals surface area contributed by atoms with E-state index in [0.717, 1.165) is 0 Å². The van der Waals surface area contributed by atoms with Crippen LogP contribution in [0, 0.1) is 5.92 Å². The Kier molecular flexibility index (Phi) is 4.37. The second kappa shape index (κ2) is 6.99. The molecule has 4 rings (SSSR count). The highest BCUT2D eigenvalue weighted by Gasteiger charge is 2.20. The van der Waals surface area contributed by atoms with Gasteiger partial charge in [0, 0.05) is 12.7 Å². The molecule has 3 aromatic rings. The SMILES string of the molecule is O=C(NCCCC1C=CNC1=O)c1ccc(O)c2[nH]c(-c3ccco3)nc12. The van der Waals surface area contributed by atoms with Gasteiger partial charge >= 0.3 is 0 Å². The average molecular weight is 366 g/mol. The predicted octanol–water partition coefficient (Wildman–Crippen LogP) is 2.30. The Morgan fingerprint density at radius 3 is 2.96 bits per heavy atom. The number of aromatic nitrogens is 2. The van der Waals surface area contributed by atoms with Crippen molar-refractivity contribution in [3.05, 3.63) is 48.4 Å². The van der Waals surface area contributed by atoms with Crippen LogP contribution in [0.4, 0.5) is 0 Å². The summed E-state index contributed by atoms with van der Waals surface area (Å²) < 4.78 is 5.31. The van der Waals surface area contributed by atoms with Gasteiger partial charge in [0.2, 0.25) is 5.91 Å². The van der Waals surface area contributed by atoms with E-state index in [1.807, 2.05) is 6.08 Å². The summed E-state index contributed by atoms with van der Waals surface area (Å²) in [5.74, 6) is 0.521. The van der Waals surface area contributed by atoms with Gasteiger partial charge in [-0.25, -0.2) is 4.98 Å². The minimum Gasteiger partial charge on any atom is -0.506 e. The fraction of sp³-hybridized carbons (Fsp3) is 0.211. The summed E-state index contributed by atoms with van der Waals surface area (Å²) in [4.78, 5) is 31.5. The highest BCUT2D eigenvalue weighted by atomic mass is 16.3. The van der Waals surface area contributed by atoms with Gasteiger partial charge in [0.25, 0.3) is 5.91 Å². The van der Waals surface area contributed by atoms with E-state index in [1.165, 1.54) is 18.4 Å². The number of imidazole rings is 1. The van der Waals surface area contributed by atoms with Gasteiger partial charge in [-0.2, -0.15) is 0 Å². The van der Waals surface area contributed by atoms with Crippen molar-refractivity contribution in [2.24, 2.45) is 5.92 Å². The molecule has 138 valence electrons. The Morgan fingerprint density at radius 2 is 2.22 bits per heavy atom. The fourth-order valence-corrected chi connectivity index (χ4v) is 3.08. The zero-order valence-electron chi connectivity index (χ0n) is 14.4. The van der Waals surface area contributed by atoms with Crippen molar-refractivity contribution in [2.75, 3.05) is 6.54 Å². The maximum atomic E-state index is 12.6. The molecule has 4 N–H and O–H groups in total. The molecular formula is C19H18N4O4. The van der Waals surface area contributed by atoms with E-state index in [-0.39, 0.29) is 23.5 Å². The number of furan rings is 1. The third-order valence-electron chi connectivity index (χ3n) is 4.49. The highest BCUT2D eigenvalue weighted by molar-refractivity contribution is 6.06. The van der Waals surface area contributed by atoms with Gasteiger partial charge in [0.15, 0.2) is 11.6 Å². The molecule has 0 saturated heterocycles. The number of hydrogen-bond donors (Lipinski definition) is 4. The summed E-state index contributed by atoms with van der Waals surface area (Å²) in [6.45, 7) is 0.439. The van der Waals surface area contributed by atoms with Crippen LogP contribution in [0.1, 0.15) is 23.2 Å². The number of nitrogens with one attached hydrogen (secondary N) is 3. The molecule has 0 radical (unpaired) electrons. The zero-order valence-corrected chi connectivity index (χ0v) is 14.4. The van der Waals surface area contributed by atoms with E-state index in [4.69, 9.17) is 4.42 Å². The molecule has 1 aliphatic heterocycles. The molecule has 2 aromatic heterocycles. The first-order chi connectivity index (χ1) is 13.1. The molecule has 1 atom stereocenters. The molecular weight excluding hydrogens is 348 g/mol. The van der Waals surface area contributed by atoms with E-state index in [2.05, 4.69) is 20.6 Å². The number of carbonyl (C=O) groups excluding carboxylic acids is 2. The van der Waals surface area contributed by atoms with Crippen LogP contribution in [0.15, 0.2) is 47.2 Å². The Bertz CT molecular complexity index is 1020. The Morgan fingerprint density at radius 1 is 1.33 bits per heavy atom. The van der Waals surface area contributed by atoms with Gasteiger partial charge in [-0.1, -0.05) is 6.08 Å². The van der Waals surface area contributed by atoms with E-state index >= 15 is 0 Å². The van der Waals surface area contributed by atoms with Crippen LogP contribution >= 0.6 is 0 Å². The van der Waals surface area contributed by atoms with Gasteiger partial charge < -0.3 is 25.1 Å². The van der Waals surface area contributed by atoms with E-state index < -0.39 is 0 Å². The molecule has 0 aliphatic carbocycles. The van der Waals surface area contributed by atoms with Crippen LogP contribution in [0.2, 0.25) is 0 Å². The van der Waals surface area contributed by atoms with Gasteiger partial charge in [-0.05, 0) is 37.1 Å². The van der Waals surface area contributed by atoms with Crippen LogP contribution in [0.5, 0.6) is 5.75 Å². The normalized spacial score (nSPS) is 16.0. The van der Waals surface area contributed by atoms with Gasteiger partial charge in [-0.3, -0.25) is 9.59 Å². The lowest BCUT2D eigenvalue weighted by molar-refractivity contribution is -0.121. The standard InChI is InChI=1S/C19H18N4O4/c24-13-6-5-12(15-16(13)23-17(22-15)14-4-2-10-27-14)19(26)20-8-1-3-11-7-9-21-18(11)25/h2,4-7,9-11,24H,1,3,8H2,(H,20,26)(H,21,25)(H,22,23). The van der Waals surface area contributed by atoms with Crippen molar-refractivity contribution >= 4 is 22.8 Å². The van der Waals surface area contributed by atoms with Crippen LogP contribution in [-0.2, 0) is 4.79 Å². The van der Waals surface area contributed by atoms with Crippen molar-refractivity contribution in [3.63, 3.8) is 0 Å². The fourth-order valence-electron chi connectivity index (χ4n) is 3.08. The molecule has 0 spiro atoms. The molecule has 8 heteroatoms. The first-order valence-corrected chi connectivity index (χ1v) is 8.64. The Labute approximate surface area is 154 Å². The summed E-state index contributed by atoms with van der Waals surface area (Å²) in [6, 6.07) is 6.46. The number of rotatable bonds is 6. The first kappa shape index (κ1) is 16.9. The second-order valence-corrected chi connectivity index (χ2v) is 6.29. The summed E-state index contributed by atoms with van der Waals surface area (Å²) in [5, 5.41) is 15.5. The quantitative estimate of drug-likeness (QED) is 0.499. The van der Waals surface area contributed by atoms with Crippen LogP contribution < -0.4 is 10.6 Å². The number of aromatic hydroxyl groups is 1. The smallest absolute Gasteiger partial charge is 0.253 e. The number of phenols is 1. The van der Waals surface area contributed by atoms with Gasteiger partial charge in [0.05, 0.1) is 17.7 Å². The molecule has 27 heavy (non-hydrogen) atoms. The Balaban J connectivity index is 1.47. The van der Waals surface area contributed by atoms with Crippen LogP contribution in [-0.4, -0.2) is 33.4 Å². The predicted molar refractivity (Wildman–Crippen MR) is 97.8 cm³/mol. The van der Waals surface area contributed by atoms with Crippen molar-refractivity contribution in [1.82, 2.24) is 20.6 Å². The summed E-state index contributed by atoms with van der Waals surface area (Å²) >= 11 is 0. The molecule has 2 amide bonds. The van der Waals surface area contributed by atoms with Gasteiger partial charge in [0.1, 0.15) is 16.8 Å².